The Morgan fingerprint density at radius 2 is 1.84 bits per heavy atom. The fourth-order valence-electron chi connectivity index (χ4n) is 7.32. The minimum absolute atomic E-state index is 0.0749. The molecule has 0 fully saturated rings. The van der Waals surface area contributed by atoms with Crippen molar-refractivity contribution in [1.82, 2.24) is 9.97 Å². The molecule has 10 nitrogen and oxygen atoms in total. The van der Waals surface area contributed by atoms with Crippen LogP contribution in [0.1, 0.15) is 80.0 Å². The topological polar surface area (TPSA) is 185 Å². The molecule has 2 aliphatic rings. The maximum atomic E-state index is 11.5. The van der Waals surface area contributed by atoms with Gasteiger partial charge < -0.3 is 46.1 Å². The Balaban J connectivity index is 1.41. The molecule has 49 heavy (non-hydrogen) atoms. The maximum absolute atomic E-state index is 11.5. The number of nitrogen functional groups attached to an aromatic ring is 1. The largest absolute Gasteiger partial charge is 0.504 e. The molecule has 0 saturated carbocycles. The first-order valence-electron chi connectivity index (χ1n) is 17.5. The molecule has 0 unspecified atom stereocenters. The highest BCUT2D eigenvalue weighted by molar-refractivity contribution is 5.44. The number of hydrogen-bond acceptors (Lipinski definition) is 9. The second-order valence-electron chi connectivity index (χ2n) is 13.6. The summed E-state index contributed by atoms with van der Waals surface area (Å²) in [6, 6.07) is 12.7. The number of ether oxygens (including phenoxy) is 1. The number of nitrogens with two attached hydrogens (primary N) is 1. The van der Waals surface area contributed by atoms with Crippen molar-refractivity contribution < 1.29 is 35.4 Å². The number of nitrogens with one attached hydrogen (secondary N) is 1. The highest BCUT2D eigenvalue weighted by Crippen LogP contribution is 2.40. The van der Waals surface area contributed by atoms with E-state index < -0.39 is 30.3 Å². The van der Waals surface area contributed by atoms with Crippen LogP contribution in [-0.2, 0) is 6.42 Å². The van der Waals surface area contributed by atoms with Crippen LogP contribution in [-0.4, -0.2) is 78.2 Å². The molecule has 5 rings (SSSR count). The zero-order valence-corrected chi connectivity index (χ0v) is 27.9. The van der Waals surface area contributed by atoms with E-state index in [4.69, 9.17) is 10.5 Å². The van der Waals surface area contributed by atoms with Gasteiger partial charge in [-0.1, -0.05) is 42.9 Å². The first-order chi connectivity index (χ1) is 23.7. The van der Waals surface area contributed by atoms with Gasteiger partial charge in [0.1, 0.15) is 11.9 Å². The normalized spacial score (nSPS) is 26.0. The second kappa shape index (κ2) is 17.7. The van der Waals surface area contributed by atoms with Crippen LogP contribution >= 0.6 is 0 Å². The Hall–Kier alpha value is -3.85. The molecule has 0 bridgehead atoms. The van der Waals surface area contributed by atoms with Crippen molar-refractivity contribution >= 4 is 5.82 Å². The minimum Gasteiger partial charge on any atom is -0.504 e. The summed E-state index contributed by atoms with van der Waals surface area (Å²) in [6.45, 7) is -0.162. The van der Waals surface area contributed by atoms with Crippen LogP contribution in [0.2, 0.25) is 0 Å². The van der Waals surface area contributed by atoms with Gasteiger partial charge in [0.05, 0.1) is 18.3 Å². The molecule has 9 N–H and O–H groups in total. The van der Waals surface area contributed by atoms with Crippen molar-refractivity contribution in [3.63, 3.8) is 0 Å². The molecule has 0 aliphatic heterocycles. The highest BCUT2D eigenvalue weighted by atomic mass is 16.5. The van der Waals surface area contributed by atoms with Gasteiger partial charge >= 0.3 is 0 Å². The lowest BCUT2D eigenvalue weighted by Crippen LogP contribution is -2.36. The average molecular weight is 674 g/mol. The van der Waals surface area contributed by atoms with Gasteiger partial charge in [0.15, 0.2) is 11.5 Å². The Labute approximate surface area is 288 Å². The molecule has 2 aromatic heterocycles. The highest BCUT2D eigenvalue weighted by Gasteiger charge is 2.36. The van der Waals surface area contributed by atoms with E-state index >= 15 is 0 Å². The number of rotatable bonds is 13. The number of fused-ring (bicyclic) bond motifs is 1. The van der Waals surface area contributed by atoms with Crippen LogP contribution in [0.15, 0.2) is 67.0 Å². The van der Waals surface area contributed by atoms with Gasteiger partial charge in [-0.15, -0.1) is 0 Å². The molecule has 10 heteroatoms. The van der Waals surface area contributed by atoms with Crippen LogP contribution < -0.4 is 10.5 Å². The second-order valence-corrected chi connectivity index (χ2v) is 13.6. The molecule has 9 atom stereocenters. The summed E-state index contributed by atoms with van der Waals surface area (Å²) in [4.78, 5) is 7.38. The predicted molar refractivity (Wildman–Crippen MR) is 188 cm³/mol. The molecule has 264 valence electrons. The lowest BCUT2D eigenvalue weighted by Gasteiger charge is -2.31. The van der Waals surface area contributed by atoms with Crippen LogP contribution in [0, 0.1) is 29.6 Å². The first kappa shape index (κ1) is 36.4. The van der Waals surface area contributed by atoms with E-state index in [1.54, 1.807) is 24.4 Å². The molecular formula is C39H51N3O7. The molecule has 2 aliphatic carbocycles. The third kappa shape index (κ3) is 9.87. The number of pyridine rings is 1. The Kier molecular flexibility index (Phi) is 13.2. The average Bonchev–Trinajstić information content (AvgIpc) is 3.54. The molecule has 3 aromatic rings. The Bertz CT molecular complexity index is 1550. The van der Waals surface area contributed by atoms with Crippen LogP contribution in [0.5, 0.6) is 11.5 Å². The Morgan fingerprint density at radius 1 is 1.00 bits per heavy atom. The maximum Gasteiger partial charge on any atom is 0.161 e. The zero-order valence-electron chi connectivity index (χ0n) is 27.9. The van der Waals surface area contributed by atoms with Crippen molar-refractivity contribution in [1.29, 1.82) is 0 Å². The SMILES string of the molecule is Nc1cc([C@@H](Cc2ccc[nH]2)C[C@H](Oc2cc([C@H]3C=C[C@H]4C#C[C@@H](CCO)CCCC[C@H](O)[C@@H]4[C@H](O)C3)ccc2O)[C@H](O)CCO)ccn1. The molecule has 1 aromatic carbocycles. The van der Waals surface area contributed by atoms with Crippen molar-refractivity contribution in [2.24, 2.45) is 17.8 Å². The van der Waals surface area contributed by atoms with Gasteiger partial charge in [0.25, 0.3) is 0 Å². The Morgan fingerprint density at radius 3 is 2.59 bits per heavy atom. The van der Waals surface area contributed by atoms with Gasteiger partial charge in [-0.25, -0.2) is 4.98 Å². The number of benzene rings is 1. The van der Waals surface area contributed by atoms with E-state index in [-0.39, 0.29) is 54.8 Å². The van der Waals surface area contributed by atoms with Crippen molar-refractivity contribution in [2.45, 2.75) is 94.0 Å². The van der Waals surface area contributed by atoms with E-state index in [0.29, 0.717) is 37.9 Å². The van der Waals surface area contributed by atoms with E-state index in [9.17, 15) is 30.6 Å². The lowest BCUT2D eigenvalue weighted by molar-refractivity contribution is -0.00711. The molecule has 0 spiro atoms. The van der Waals surface area contributed by atoms with Gasteiger partial charge in [-0.05, 0) is 92.0 Å². The number of aromatic amines is 1. The van der Waals surface area contributed by atoms with E-state index in [1.165, 1.54) is 0 Å². The number of aliphatic hydroxyl groups is 5. The van der Waals surface area contributed by atoms with E-state index in [2.05, 4.69) is 21.8 Å². The van der Waals surface area contributed by atoms with Crippen LogP contribution in [0.3, 0.4) is 0 Å². The third-order valence-electron chi connectivity index (χ3n) is 10.1. The van der Waals surface area contributed by atoms with Gasteiger partial charge in [0, 0.05) is 61.4 Å². The van der Waals surface area contributed by atoms with Gasteiger partial charge in [-0.2, -0.15) is 0 Å². The summed E-state index contributed by atoms with van der Waals surface area (Å²) in [5.41, 5.74) is 8.76. The van der Waals surface area contributed by atoms with Crippen LogP contribution in [0.25, 0.3) is 0 Å². The summed E-state index contributed by atoms with van der Waals surface area (Å²) in [5, 5.41) is 64.1. The van der Waals surface area contributed by atoms with E-state index in [1.807, 2.05) is 42.6 Å². The first-order valence-corrected chi connectivity index (χ1v) is 17.5. The number of aliphatic hydroxyl groups excluding tert-OH is 5. The predicted octanol–water partition coefficient (Wildman–Crippen LogP) is 4.18. The summed E-state index contributed by atoms with van der Waals surface area (Å²) >= 11 is 0. The summed E-state index contributed by atoms with van der Waals surface area (Å²) in [7, 11) is 0. The number of H-pyrrole nitrogens is 1. The lowest BCUT2D eigenvalue weighted by atomic mass is 9.79. The van der Waals surface area contributed by atoms with Crippen LogP contribution in [0.4, 0.5) is 5.82 Å². The molecule has 0 radical (unpaired) electrons. The number of allylic oxidation sites excluding steroid dienone is 2. The molecular weight excluding hydrogens is 622 g/mol. The number of anilines is 1. The summed E-state index contributed by atoms with van der Waals surface area (Å²) in [6.07, 6.45) is 9.34. The van der Waals surface area contributed by atoms with Gasteiger partial charge in [-0.3, -0.25) is 0 Å². The van der Waals surface area contributed by atoms with Gasteiger partial charge in [0.2, 0.25) is 0 Å². The van der Waals surface area contributed by atoms with Crippen molar-refractivity contribution in [2.75, 3.05) is 18.9 Å². The molecule has 0 saturated heterocycles. The number of aromatic hydroxyl groups is 1. The summed E-state index contributed by atoms with van der Waals surface area (Å²) < 4.78 is 6.42. The molecule has 0 amide bonds. The fourth-order valence-corrected chi connectivity index (χ4v) is 7.32. The third-order valence-corrected chi connectivity index (χ3v) is 10.1. The van der Waals surface area contributed by atoms with E-state index in [0.717, 1.165) is 36.1 Å². The standard InChI is InChI=1S/C39H51N3O7/c40-38-24-29(13-17-42-38)30(20-31-5-3-16-41-31)23-37(33(46)15-19-44)49-36-22-28(11-12-32(36)45)27-10-9-26-8-7-25(14-18-43)4-1-2-6-34(47)39(26)35(48)21-27/h3,5,9-13,16-17,22,24-27,30,33-35,37,39,41,43-48H,1-2,4,6,14-15,18-21,23H2,(H2,40,42)/t25-,26+,27-,30-,33+,34-,35+,37-,39+/m0/s1. The monoisotopic (exact) mass is 673 g/mol. The number of nitrogens with zero attached hydrogens (tertiary/aromatic N) is 1. The summed E-state index contributed by atoms with van der Waals surface area (Å²) in [5.74, 6) is 6.01. The number of phenols is 1. The van der Waals surface area contributed by atoms with Crippen molar-refractivity contribution in [3.8, 4) is 23.3 Å². The fraction of sp³-hybridized carbons (Fsp3) is 0.513. The minimum atomic E-state index is -1.03. The van der Waals surface area contributed by atoms with Crippen molar-refractivity contribution in [3.05, 3.63) is 83.8 Å². The number of aromatic nitrogens is 2. The zero-order chi connectivity index (χ0) is 34.8. The number of hydrogen-bond donors (Lipinski definition) is 8. The number of phenolic OH excluding ortho intramolecular Hbond substituents is 1. The molecule has 2 heterocycles. The smallest absolute Gasteiger partial charge is 0.161 e. The quantitative estimate of drug-likeness (QED) is 0.0974.